The molecule has 4 rings (SSSR count). The zero-order valence-electron chi connectivity index (χ0n) is 16.9. The van der Waals surface area contributed by atoms with Gasteiger partial charge < -0.3 is 14.7 Å². The van der Waals surface area contributed by atoms with Crippen molar-refractivity contribution in [3.63, 3.8) is 0 Å². The molecule has 0 amide bonds. The van der Waals surface area contributed by atoms with Gasteiger partial charge in [0.05, 0.1) is 18.8 Å². The molecule has 10 heteroatoms. The SMILES string of the molecule is CN=C(NCc1nc(-c2cccc(Cl)c2)no1)N(C)Cc1nc2c(s1)CCCC2.I. The van der Waals surface area contributed by atoms with Gasteiger partial charge in [-0.1, -0.05) is 28.9 Å². The van der Waals surface area contributed by atoms with Crippen molar-refractivity contribution < 1.29 is 4.52 Å². The van der Waals surface area contributed by atoms with E-state index in [-0.39, 0.29) is 24.0 Å². The standard InChI is InChI=1S/C20H23ClN6OS.HI/c1-22-20(27(2)12-18-24-15-8-3-4-9-16(15)29-18)23-11-17-25-19(26-28-17)13-6-5-7-14(21)10-13;/h5-7,10H,3-4,8-9,11-12H2,1-2H3,(H,22,23);1H. The first kappa shape index (κ1) is 23.0. The van der Waals surface area contributed by atoms with E-state index in [1.54, 1.807) is 7.05 Å². The van der Waals surface area contributed by atoms with Crippen LogP contribution < -0.4 is 5.32 Å². The first-order valence-electron chi connectivity index (χ1n) is 9.60. The van der Waals surface area contributed by atoms with E-state index in [1.165, 1.54) is 23.4 Å². The van der Waals surface area contributed by atoms with Crippen LogP contribution in [-0.4, -0.2) is 40.1 Å². The average Bonchev–Trinajstić information content (AvgIpc) is 3.35. The van der Waals surface area contributed by atoms with E-state index in [9.17, 15) is 0 Å². The smallest absolute Gasteiger partial charge is 0.246 e. The first-order valence-corrected chi connectivity index (χ1v) is 10.8. The Hall–Kier alpha value is -1.72. The van der Waals surface area contributed by atoms with Gasteiger partial charge in [0.2, 0.25) is 11.7 Å². The number of nitrogens with zero attached hydrogens (tertiary/aromatic N) is 5. The number of rotatable bonds is 5. The van der Waals surface area contributed by atoms with E-state index in [0.29, 0.717) is 23.3 Å². The Kier molecular flexibility index (Phi) is 8.06. The molecule has 0 unspecified atom stereocenters. The van der Waals surface area contributed by atoms with E-state index in [1.807, 2.05) is 42.6 Å². The number of hydrogen-bond acceptors (Lipinski definition) is 6. The van der Waals surface area contributed by atoms with Gasteiger partial charge in [0.1, 0.15) is 5.01 Å². The summed E-state index contributed by atoms with van der Waals surface area (Å²) >= 11 is 7.85. The lowest BCUT2D eigenvalue weighted by molar-refractivity contribution is 0.371. The number of benzene rings is 1. The quantitative estimate of drug-likeness (QED) is 0.281. The third kappa shape index (κ3) is 5.50. The van der Waals surface area contributed by atoms with Crippen LogP contribution in [0.3, 0.4) is 0 Å². The van der Waals surface area contributed by atoms with Crippen molar-refractivity contribution in [3.8, 4) is 11.4 Å². The minimum atomic E-state index is 0. The fourth-order valence-electron chi connectivity index (χ4n) is 3.36. The van der Waals surface area contributed by atoms with Crippen LogP contribution in [0.4, 0.5) is 0 Å². The first-order chi connectivity index (χ1) is 14.1. The molecule has 0 atom stereocenters. The number of nitrogens with one attached hydrogen (secondary N) is 1. The highest BCUT2D eigenvalue weighted by Crippen LogP contribution is 2.27. The topological polar surface area (TPSA) is 79.4 Å². The Bertz CT molecular complexity index is 997. The molecule has 1 N–H and O–H groups in total. The Morgan fingerprint density at radius 1 is 1.30 bits per heavy atom. The number of hydrogen-bond donors (Lipinski definition) is 1. The molecular formula is C20H24ClIN6OS. The van der Waals surface area contributed by atoms with E-state index >= 15 is 0 Å². The molecule has 0 radical (unpaired) electrons. The highest BCUT2D eigenvalue weighted by Gasteiger charge is 2.17. The summed E-state index contributed by atoms with van der Waals surface area (Å²) in [4.78, 5) is 17.1. The molecule has 3 aromatic rings. The summed E-state index contributed by atoms with van der Waals surface area (Å²) in [5.74, 6) is 1.75. The van der Waals surface area contributed by atoms with Crippen molar-refractivity contribution in [2.45, 2.75) is 38.8 Å². The normalized spacial score (nSPS) is 13.5. The fraction of sp³-hybridized carbons (Fsp3) is 0.400. The third-order valence-electron chi connectivity index (χ3n) is 4.78. The maximum atomic E-state index is 6.03. The molecule has 0 spiro atoms. The van der Waals surface area contributed by atoms with Crippen LogP contribution in [0.1, 0.15) is 34.3 Å². The number of guanidine groups is 1. The lowest BCUT2D eigenvalue weighted by Crippen LogP contribution is -2.38. The van der Waals surface area contributed by atoms with E-state index in [2.05, 4.69) is 25.3 Å². The lowest BCUT2D eigenvalue weighted by atomic mass is 10.0. The third-order valence-corrected chi connectivity index (χ3v) is 6.16. The summed E-state index contributed by atoms with van der Waals surface area (Å²) in [6, 6.07) is 7.38. The zero-order chi connectivity index (χ0) is 20.2. The molecule has 0 saturated heterocycles. The molecular weight excluding hydrogens is 535 g/mol. The summed E-state index contributed by atoms with van der Waals surface area (Å²) in [6.45, 7) is 1.11. The summed E-state index contributed by atoms with van der Waals surface area (Å²) in [5.41, 5.74) is 2.11. The summed E-state index contributed by atoms with van der Waals surface area (Å²) < 4.78 is 5.36. The van der Waals surface area contributed by atoms with Crippen LogP contribution in [-0.2, 0) is 25.9 Å². The van der Waals surface area contributed by atoms with Crippen molar-refractivity contribution in [1.29, 1.82) is 0 Å². The Morgan fingerprint density at radius 3 is 2.90 bits per heavy atom. The molecule has 0 saturated carbocycles. The number of halogens is 2. The van der Waals surface area contributed by atoms with Gasteiger partial charge in [-0.3, -0.25) is 4.99 Å². The second kappa shape index (κ2) is 10.5. The van der Waals surface area contributed by atoms with Gasteiger partial charge in [-0.2, -0.15) is 4.98 Å². The minimum Gasteiger partial charge on any atom is -0.347 e. The van der Waals surface area contributed by atoms with Crippen LogP contribution in [0.15, 0.2) is 33.8 Å². The van der Waals surface area contributed by atoms with Crippen LogP contribution in [0.5, 0.6) is 0 Å². The molecule has 0 aliphatic heterocycles. The van der Waals surface area contributed by atoms with Gasteiger partial charge in [0.15, 0.2) is 5.96 Å². The van der Waals surface area contributed by atoms with Crippen LogP contribution in [0, 0.1) is 0 Å². The Labute approximate surface area is 202 Å². The average molecular weight is 559 g/mol. The summed E-state index contributed by atoms with van der Waals surface area (Å²) in [5, 5.41) is 9.07. The fourth-order valence-corrected chi connectivity index (χ4v) is 4.76. The van der Waals surface area contributed by atoms with Crippen LogP contribution in [0.25, 0.3) is 11.4 Å². The van der Waals surface area contributed by atoms with Gasteiger partial charge in [-0.15, -0.1) is 35.3 Å². The van der Waals surface area contributed by atoms with E-state index in [0.717, 1.165) is 35.9 Å². The van der Waals surface area contributed by atoms with E-state index in [4.69, 9.17) is 21.1 Å². The zero-order valence-corrected chi connectivity index (χ0v) is 20.8. The molecule has 2 heterocycles. The maximum absolute atomic E-state index is 6.03. The second-order valence-electron chi connectivity index (χ2n) is 6.96. The largest absolute Gasteiger partial charge is 0.347 e. The van der Waals surface area contributed by atoms with Gasteiger partial charge in [0, 0.05) is 29.6 Å². The van der Waals surface area contributed by atoms with Gasteiger partial charge >= 0.3 is 0 Å². The summed E-state index contributed by atoms with van der Waals surface area (Å²) in [7, 11) is 3.76. The number of aromatic nitrogens is 3. The number of thiazole rings is 1. The number of aryl methyl sites for hydroxylation is 2. The minimum absolute atomic E-state index is 0. The molecule has 1 aliphatic rings. The molecule has 30 heavy (non-hydrogen) atoms. The highest BCUT2D eigenvalue weighted by atomic mass is 127. The van der Waals surface area contributed by atoms with Gasteiger partial charge in [-0.05, 0) is 37.8 Å². The Morgan fingerprint density at radius 2 is 2.13 bits per heavy atom. The maximum Gasteiger partial charge on any atom is 0.246 e. The molecule has 160 valence electrons. The van der Waals surface area contributed by atoms with Crippen molar-refractivity contribution in [3.05, 3.63) is 50.8 Å². The molecule has 2 aromatic heterocycles. The van der Waals surface area contributed by atoms with Crippen LogP contribution in [0.2, 0.25) is 5.02 Å². The van der Waals surface area contributed by atoms with Crippen molar-refractivity contribution in [2.24, 2.45) is 4.99 Å². The second-order valence-corrected chi connectivity index (χ2v) is 8.57. The monoisotopic (exact) mass is 558 g/mol. The molecule has 7 nitrogen and oxygen atoms in total. The number of aliphatic imine (C=N–C) groups is 1. The van der Waals surface area contributed by atoms with Crippen molar-refractivity contribution in [1.82, 2.24) is 25.3 Å². The molecule has 1 aliphatic carbocycles. The van der Waals surface area contributed by atoms with Gasteiger partial charge in [0.25, 0.3) is 0 Å². The predicted molar refractivity (Wildman–Crippen MR) is 131 cm³/mol. The number of fused-ring (bicyclic) bond motifs is 1. The van der Waals surface area contributed by atoms with Gasteiger partial charge in [-0.25, -0.2) is 4.98 Å². The van der Waals surface area contributed by atoms with Crippen molar-refractivity contribution >= 4 is 52.9 Å². The lowest BCUT2D eigenvalue weighted by Gasteiger charge is -2.20. The molecule has 0 fully saturated rings. The highest BCUT2D eigenvalue weighted by molar-refractivity contribution is 14.0. The molecule has 1 aromatic carbocycles. The Balaban J connectivity index is 0.00000256. The van der Waals surface area contributed by atoms with Crippen LogP contribution >= 0.6 is 46.9 Å². The predicted octanol–water partition coefficient (Wildman–Crippen LogP) is 4.55. The molecule has 0 bridgehead atoms. The van der Waals surface area contributed by atoms with E-state index < -0.39 is 0 Å². The van der Waals surface area contributed by atoms with Crippen molar-refractivity contribution in [2.75, 3.05) is 14.1 Å². The summed E-state index contributed by atoms with van der Waals surface area (Å²) in [6.07, 6.45) is 4.79.